The average Bonchev–Trinajstić information content (AvgIpc) is 2.83. The van der Waals surface area contributed by atoms with E-state index in [4.69, 9.17) is 5.11 Å². The molecule has 116 valence electrons. The van der Waals surface area contributed by atoms with Crippen LogP contribution < -0.4 is 0 Å². The van der Waals surface area contributed by atoms with Crippen LogP contribution in [0.3, 0.4) is 0 Å². The van der Waals surface area contributed by atoms with Crippen LogP contribution in [0.4, 0.5) is 0 Å². The summed E-state index contributed by atoms with van der Waals surface area (Å²) in [4.78, 5) is 13.2. The highest BCUT2D eigenvalue weighted by Crippen LogP contribution is 2.33. The second-order valence-electron chi connectivity index (χ2n) is 6.57. The molecule has 0 spiro atoms. The van der Waals surface area contributed by atoms with Crippen molar-refractivity contribution >= 4 is 5.97 Å². The number of hydrogen-bond donors (Lipinski definition) is 1. The van der Waals surface area contributed by atoms with Gasteiger partial charge in [0.2, 0.25) is 0 Å². The predicted molar refractivity (Wildman–Crippen MR) is 85.6 cm³/mol. The Hall–Kier alpha value is -1.35. The zero-order valence-electron chi connectivity index (χ0n) is 13.6. The number of rotatable bonds is 5. The number of hydrogen-bond acceptors (Lipinski definition) is 2. The summed E-state index contributed by atoms with van der Waals surface area (Å²) in [7, 11) is 0. The summed E-state index contributed by atoms with van der Waals surface area (Å²) in [5.41, 5.74) is 5.50. The van der Waals surface area contributed by atoms with Gasteiger partial charge in [0.15, 0.2) is 0 Å². The van der Waals surface area contributed by atoms with Gasteiger partial charge in [-0.15, -0.1) is 0 Å². The van der Waals surface area contributed by atoms with E-state index in [1.54, 1.807) is 0 Å². The van der Waals surface area contributed by atoms with Crippen LogP contribution in [0.15, 0.2) is 12.1 Å². The minimum atomic E-state index is -0.674. The first-order chi connectivity index (χ1) is 9.88. The van der Waals surface area contributed by atoms with Crippen LogP contribution in [0, 0.1) is 26.7 Å². The lowest BCUT2D eigenvalue weighted by Gasteiger charge is -2.28. The summed E-state index contributed by atoms with van der Waals surface area (Å²) in [5.74, 6) is -0.138. The Balaban J connectivity index is 2.05. The van der Waals surface area contributed by atoms with Crippen molar-refractivity contribution in [3.8, 4) is 0 Å². The van der Waals surface area contributed by atoms with E-state index >= 15 is 0 Å². The molecule has 0 aromatic heterocycles. The van der Waals surface area contributed by atoms with Crippen LogP contribution >= 0.6 is 0 Å². The molecule has 1 aromatic rings. The molecule has 3 heteroatoms. The molecule has 1 saturated heterocycles. The second-order valence-corrected chi connectivity index (χ2v) is 6.57. The Morgan fingerprint density at radius 1 is 1.33 bits per heavy atom. The van der Waals surface area contributed by atoms with Gasteiger partial charge in [-0.25, -0.2) is 0 Å². The van der Waals surface area contributed by atoms with E-state index < -0.39 is 5.97 Å². The van der Waals surface area contributed by atoms with Crippen LogP contribution in [0.1, 0.15) is 54.5 Å². The predicted octanol–water partition coefficient (Wildman–Crippen LogP) is 3.86. The molecule has 0 radical (unpaired) electrons. The van der Waals surface area contributed by atoms with Gasteiger partial charge in [0.1, 0.15) is 0 Å². The molecule has 1 N–H and O–H groups in total. The zero-order chi connectivity index (χ0) is 15.6. The number of carbonyl (C=O) groups is 1. The molecule has 0 amide bonds. The number of carboxylic acid groups (broad SMARTS) is 1. The lowest BCUT2D eigenvalue weighted by atomic mass is 9.94. The maximum Gasteiger partial charge on any atom is 0.303 e. The Labute approximate surface area is 128 Å². The fraction of sp³-hybridized carbons (Fsp3) is 0.611. The van der Waals surface area contributed by atoms with E-state index in [0.29, 0.717) is 18.4 Å². The first-order valence-electron chi connectivity index (χ1n) is 7.92. The van der Waals surface area contributed by atoms with Crippen molar-refractivity contribution in [3.05, 3.63) is 34.4 Å². The van der Waals surface area contributed by atoms with Crippen molar-refractivity contribution in [2.24, 2.45) is 5.92 Å². The van der Waals surface area contributed by atoms with E-state index in [2.05, 4.69) is 44.7 Å². The van der Waals surface area contributed by atoms with Gasteiger partial charge in [-0.1, -0.05) is 17.7 Å². The van der Waals surface area contributed by atoms with Gasteiger partial charge in [-0.05, 0) is 69.7 Å². The fourth-order valence-corrected chi connectivity index (χ4v) is 3.81. The Kier molecular flexibility index (Phi) is 5.04. The summed E-state index contributed by atoms with van der Waals surface area (Å²) in [5, 5.41) is 8.81. The summed E-state index contributed by atoms with van der Waals surface area (Å²) in [6.07, 6.45) is 2.24. The van der Waals surface area contributed by atoms with Gasteiger partial charge < -0.3 is 5.11 Å². The molecule has 2 atom stereocenters. The number of nitrogens with zero attached hydrogens (tertiary/aromatic N) is 1. The third-order valence-corrected chi connectivity index (χ3v) is 4.79. The minimum absolute atomic E-state index is 0.301. The monoisotopic (exact) mass is 289 g/mol. The molecule has 2 unspecified atom stereocenters. The molecule has 0 bridgehead atoms. The zero-order valence-corrected chi connectivity index (χ0v) is 13.6. The van der Waals surface area contributed by atoms with Crippen LogP contribution in [0.25, 0.3) is 0 Å². The molecule has 1 aliphatic heterocycles. The topological polar surface area (TPSA) is 40.5 Å². The van der Waals surface area contributed by atoms with Crippen molar-refractivity contribution in [3.63, 3.8) is 0 Å². The van der Waals surface area contributed by atoms with Crippen LogP contribution in [-0.4, -0.2) is 29.1 Å². The van der Waals surface area contributed by atoms with E-state index in [-0.39, 0.29) is 0 Å². The van der Waals surface area contributed by atoms with Gasteiger partial charge in [-0.3, -0.25) is 9.69 Å². The van der Waals surface area contributed by atoms with Crippen molar-refractivity contribution in [2.45, 2.75) is 53.0 Å². The summed E-state index contributed by atoms with van der Waals surface area (Å²) in [6, 6.07) is 4.94. The van der Waals surface area contributed by atoms with Crippen LogP contribution in [0.5, 0.6) is 0 Å². The van der Waals surface area contributed by atoms with Gasteiger partial charge >= 0.3 is 5.97 Å². The molecule has 1 aromatic carbocycles. The molecule has 1 aliphatic rings. The summed E-state index contributed by atoms with van der Waals surface area (Å²) < 4.78 is 0. The SMILES string of the molecule is Cc1cc(C)c(C(C)N2CCC(CCC(=O)O)C2)c(C)c1. The van der Waals surface area contributed by atoms with Gasteiger partial charge in [0, 0.05) is 19.0 Å². The largest absolute Gasteiger partial charge is 0.481 e. The molecule has 1 heterocycles. The first-order valence-corrected chi connectivity index (χ1v) is 7.92. The van der Waals surface area contributed by atoms with Crippen LogP contribution in [0.2, 0.25) is 0 Å². The molecule has 21 heavy (non-hydrogen) atoms. The first kappa shape index (κ1) is 16.0. The molecule has 0 saturated carbocycles. The van der Waals surface area contributed by atoms with E-state index in [9.17, 15) is 4.79 Å². The molecular weight excluding hydrogens is 262 g/mol. The third kappa shape index (κ3) is 3.85. The van der Waals surface area contributed by atoms with Gasteiger partial charge in [0.05, 0.1) is 0 Å². The summed E-state index contributed by atoms with van der Waals surface area (Å²) >= 11 is 0. The quantitative estimate of drug-likeness (QED) is 0.895. The molecule has 0 aliphatic carbocycles. The smallest absolute Gasteiger partial charge is 0.303 e. The lowest BCUT2D eigenvalue weighted by Crippen LogP contribution is -2.26. The number of aryl methyl sites for hydroxylation is 3. The van der Waals surface area contributed by atoms with Crippen LogP contribution in [-0.2, 0) is 4.79 Å². The Morgan fingerprint density at radius 3 is 2.52 bits per heavy atom. The normalized spacial score (nSPS) is 20.7. The van der Waals surface area contributed by atoms with E-state index in [0.717, 1.165) is 25.9 Å². The molecular formula is C18H27NO2. The maximum absolute atomic E-state index is 10.7. The highest BCUT2D eigenvalue weighted by atomic mass is 16.4. The van der Waals surface area contributed by atoms with Gasteiger partial charge in [0.25, 0.3) is 0 Å². The Morgan fingerprint density at radius 2 is 1.95 bits per heavy atom. The minimum Gasteiger partial charge on any atom is -0.481 e. The number of carboxylic acids is 1. The highest BCUT2D eigenvalue weighted by Gasteiger charge is 2.28. The highest BCUT2D eigenvalue weighted by molar-refractivity contribution is 5.66. The number of aliphatic carboxylic acids is 1. The Bertz CT molecular complexity index is 501. The second kappa shape index (κ2) is 6.61. The number of benzene rings is 1. The lowest BCUT2D eigenvalue weighted by molar-refractivity contribution is -0.137. The number of likely N-dealkylation sites (tertiary alicyclic amines) is 1. The standard InChI is InChI=1S/C18H27NO2/c1-12-9-13(2)18(14(3)10-12)15(4)19-8-7-16(11-19)5-6-17(20)21/h9-10,15-16H,5-8,11H2,1-4H3,(H,20,21). The summed E-state index contributed by atoms with van der Waals surface area (Å²) in [6.45, 7) is 10.9. The molecule has 1 fully saturated rings. The van der Waals surface area contributed by atoms with E-state index in [1.165, 1.54) is 22.3 Å². The fourth-order valence-electron chi connectivity index (χ4n) is 3.81. The van der Waals surface area contributed by atoms with Crippen molar-refractivity contribution < 1.29 is 9.90 Å². The average molecular weight is 289 g/mol. The van der Waals surface area contributed by atoms with Crippen molar-refractivity contribution in [2.75, 3.05) is 13.1 Å². The van der Waals surface area contributed by atoms with Gasteiger partial charge in [-0.2, -0.15) is 0 Å². The third-order valence-electron chi connectivity index (χ3n) is 4.79. The van der Waals surface area contributed by atoms with Crippen molar-refractivity contribution in [1.82, 2.24) is 4.90 Å². The van der Waals surface area contributed by atoms with E-state index in [1.807, 2.05) is 0 Å². The maximum atomic E-state index is 10.7. The molecule has 2 rings (SSSR count). The van der Waals surface area contributed by atoms with Crippen molar-refractivity contribution in [1.29, 1.82) is 0 Å². The molecule has 3 nitrogen and oxygen atoms in total.